The van der Waals surface area contributed by atoms with Gasteiger partial charge in [-0.2, -0.15) is 13.2 Å². The highest BCUT2D eigenvalue weighted by Crippen LogP contribution is 2.29. The van der Waals surface area contributed by atoms with Gasteiger partial charge in [0.2, 0.25) is 0 Å². The molecule has 21 heavy (non-hydrogen) atoms. The minimum atomic E-state index is -4.41. The van der Waals surface area contributed by atoms with E-state index in [1.807, 2.05) is 0 Å². The number of alkyl halides is 3. The standard InChI is InChI=1S/C13H14F3NO3S/c14-13(15,16)10-3-1-9(2-4-10)12(18)7-17-11-5-6-21(19,20)8-11/h1-6,11-12,17-18H,7-8H2. The number of nitrogens with one attached hydrogen (secondary N) is 1. The molecule has 0 saturated carbocycles. The molecule has 0 saturated heterocycles. The lowest BCUT2D eigenvalue weighted by Crippen LogP contribution is -2.33. The second kappa shape index (κ2) is 5.78. The molecule has 1 aromatic rings. The zero-order chi connectivity index (χ0) is 15.7. The van der Waals surface area contributed by atoms with E-state index in [0.29, 0.717) is 5.56 Å². The topological polar surface area (TPSA) is 66.4 Å². The summed E-state index contributed by atoms with van der Waals surface area (Å²) in [6.45, 7) is 0.0515. The second-order valence-corrected chi connectivity index (χ2v) is 6.74. The van der Waals surface area contributed by atoms with Gasteiger partial charge in [0.1, 0.15) is 0 Å². The fourth-order valence-electron chi connectivity index (χ4n) is 1.98. The molecule has 1 aliphatic heterocycles. The Morgan fingerprint density at radius 2 is 1.90 bits per heavy atom. The third kappa shape index (κ3) is 4.29. The molecule has 2 N–H and O–H groups in total. The van der Waals surface area contributed by atoms with Crippen LogP contribution >= 0.6 is 0 Å². The van der Waals surface area contributed by atoms with Gasteiger partial charge >= 0.3 is 6.18 Å². The molecule has 1 aromatic carbocycles. The number of benzene rings is 1. The second-order valence-electron chi connectivity index (χ2n) is 4.81. The van der Waals surface area contributed by atoms with Gasteiger partial charge in [-0.3, -0.25) is 0 Å². The first kappa shape index (κ1) is 16.0. The molecule has 116 valence electrons. The van der Waals surface area contributed by atoms with Crippen molar-refractivity contribution < 1.29 is 26.7 Å². The summed E-state index contributed by atoms with van der Waals surface area (Å²) in [5.74, 6) is -0.0767. The van der Waals surface area contributed by atoms with Crippen molar-refractivity contribution in [3.63, 3.8) is 0 Å². The Kier molecular flexibility index (Phi) is 4.40. The van der Waals surface area contributed by atoms with Gasteiger partial charge in [-0.1, -0.05) is 18.2 Å². The molecule has 1 heterocycles. The van der Waals surface area contributed by atoms with E-state index in [1.54, 1.807) is 0 Å². The smallest absolute Gasteiger partial charge is 0.387 e. The van der Waals surface area contributed by atoms with Gasteiger partial charge in [0.05, 0.1) is 17.4 Å². The lowest BCUT2D eigenvalue weighted by molar-refractivity contribution is -0.137. The summed E-state index contributed by atoms with van der Waals surface area (Å²) < 4.78 is 59.6. The number of hydrogen-bond acceptors (Lipinski definition) is 4. The fraction of sp³-hybridized carbons (Fsp3) is 0.385. The van der Waals surface area contributed by atoms with E-state index < -0.39 is 27.7 Å². The maximum Gasteiger partial charge on any atom is 0.416 e. The molecule has 0 radical (unpaired) electrons. The lowest BCUT2D eigenvalue weighted by atomic mass is 10.1. The predicted molar refractivity (Wildman–Crippen MR) is 71.1 cm³/mol. The summed E-state index contributed by atoms with van der Waals surface area (Å²) in [5, 5.41) is 13.8. The molecule has 1 aliphatic rings. The third-order valence-corrected chi connectivity index (χ3v) is 4.52. The third-order valence-electron chi connectivity index (χ3n) is 3.13. The Balaban J connectivity index is 1.92. The Morgan fingerprint density at radius 1 is 1.29 bits per heavy atom. The molecule has 0 aromatic heterocycles. The van der Waals surface area contributed by atoms with Gasteiger partial charge in [-0.25, -0.2) is 8.42 Å². The fourth-order valence-corrected chi connectivity index (χ4v) is 3.25. The molecule has 2 unspecified atom stereocenters. The maximum absolute atomic E-state index is 12.4. The first-order valence-electron chi connectivity index (χ1n) is 6.17. The van der Waals surface area contributed by atoms with Gasteiger partial charge < -0.3 is 10.4 Å². The summed E-state index contributed by atoms with van der Waals surface area (Å²) >= 11 is 0. The molecule has 2 atom stereocenters. The first-order chi connectivity index (χ1) is 9.67. The van der Waals surface area contributed by atoms with Crippen LogP contribution in [0, 0.1) is 0 Å². The molecule has 8 heteroatoms. The number of aliphatic hydroxyl groups excluding tert-OH is 1. The van der Waals surface area contributed by atoms with E-state index in [2.05, 4.69) is 5.32 Å². The minimum Gasteiger partial charge on any atom is -0.387 e. The predicted octanol–water partition coefficient (Wildman–Crippen LogP) is 1.64. The SMILES string of the molecule is O=S1(=O)C=CC(NCC(O)c2ccc(C(F)(F)F)cc2)C1. The number of hydrogen-bond donors (Lipinski definition) is 2. The van der Waals surface area contributed by atoms with Crippen molar-refractivity contribution >= 4 is 9.84 Å². The zero-order valence-electron chi connectivity index (χ0n) is 10.8. The van der Waals surface area contributed by atoms with Crippen molar-refractivity contribution in [1.29, 1.82) is 0 Å². The molecule has 0 bridgehead atoms. The van der Waals surface area contributed by atoms with Crippen molar-refractivity contribution in [1.82, 2.24) is 5.32 Å². The maximum atomic E-state index is 12.4. The van der Waals surface area contributed by atoms with Crippen LogP contribution < -0.4 is 5.32 Å². The number of rotatable bonds is 4. The largest absolute Gasteiger partial charge is 0.416 e. The summed E-state index contributed by atoms with van der Waals surface area (Å²) in [6.07, 6.45) is -3.94. The Morgan fingerprint density at radius 3 is 2.38 bits per heavy atom. The van der Waals surface area contributed by atoms with Gasteiger partial charge in [-0.15, -0.1) is 0 Å². The first-order valence-corrected chi connectivity index (χ1v) is 7.88. The van der Waals surface area contributed by atoms with Crippen molar-refractivity contribution in [3.8, 4) is 0 Å². The highest BCUT2D eigenvalue weighted by Gasteiger charge is 2.30. The van der Waals surface area contributed by atoms with E-state index in [1.165, 1.54) is 18.2 Å². The van der Waals surface area contributed by atoms with E-state index >= 15 is 0 Å². The van der Waals surface area contributed by atoms with Gasteiger partial charge in [-0.05, 0) is 17.7 Å². The van der Waals surface area contributed by atoms with Crippen LogP contribution in [0.25, 0.3) is 0 Å². The normalized spacial score (nSPS) is 22.4. The van der Waals surface area contributed by atoms with Crippen LogP contribution in [0.3, 0.4) is 0 Å². The summed E-state index contributed by atoms with van der Waals surface area (Å²) in [6, 6.07) is 3.82. The molecule has 0 spiro atoms. The highest BCUT2D eigenvalue weighted by molar-refractivity contribution is 7.94. The van der Waals surface area contributed by atoms with E-state index in [0.717, 1.165) is 17.5 Å². The molecule has 2 rings (SSSR count). The van der Waals surface area contributed by atoms with Crippen molar-refractivity contribution in [3.05, 3.63) is 46.9 Å². The molecule has 0 amide bonds. The average Bonchev–Trinajstić information content (AvgIpc) is 2.75. The molecule has 4 nitrogen and oxygen atoms in total. The zero-order valence-corrected chi connectivity index (χ0v) is 11.7. The van der Waals surface area contributed by atoms with Crippen molar-refractivity contribution in [2.24, 2.45) is 0 Å². The van der Waals surface area contributed by atoms with Gasteiger partial charge in [0, 0.05) is 18.0 Å². The van der Waals surface area contributed by atoms with E-state index in [-0.39, 0.29) is 18.3 Å². The van der Waals surface area contributed by atoms with Crippen LogP contribution in [0.1, 0.15) is 17.2 Å². The van der Waals surface area contributed by atoms with Gasteiger partial charge in [0.15, 0.2) is 9.84 Å². The Bertz CT molecular complexity index is 623. The Labute approximate surface area is 120 Å². The van der Waals surface area contributed by atoms with Gasteiger partial charge in [0.25, 0.3) is 0 Å². The summed E-state index contributed by atoms with van der Waals surface area (Å²) in [4.78, 5) is 0. The quantitative estimate of drug-likeness (QED) is 0.885. The number of halogens is 3. The Hall–Kier alpha value is -1.38. The highest BCUT2D eigenvalue weighted by atomic mass is 32.2. The molecule has 0 fully saturated rings. The van der Waals surface area contributed by atoms with Crippen LogP contribution in [0.2, 0.25) is 0 Å². The number of sulfone groups is 1. The molecular formula is C13H14F3NO3S. The van der Waals surface area contributed by atoms with Crippen LogP contribution in [0.5, 0.6) is 0 Å². The van der Waals surface area contributed by atoms with Crippen molar-refractivity contribution in [2.45, 2.75) is 18.3 Å². The van der Waals surface area contributed by atoms with Crippen LogP contribution in [0.4, 0.5) is 13.2 Å². The number of aliphatic hydroxyl groups is 1. The molecular weight excluding hydrogens is 307 g/mol. The van der Waals surface area contributed by atoms with Crippen LogP contribution in [0.15, 0.2) is 35.7 Å². The monoisotopic (exact) mass is 321 g/mol. The van der Waals surface area contributed by atoms with Crippen LogP contribution in [-0.2, 0) is 16.0 Å². The lowest BCUT2D eigenvalue weighted by Gasteiger charge is -2.16. The molecule has 0 aliphatic carbocycles. The van der Waals surface area contributed by atoms with Crippen molar-refractivity contribution in [2.75, 3.05) is 12.3 Å². The van der Waals surface area contributed by atoms with E-state index in [4.69, 9.17) is 0 Å². The summed E-state index contributed by atoms with van der Waals surface area (Å²) in [5.41, 5.74) is -0.448. The average molecular weight is 321 g/mol. The minimum absolute atomic E-state index is 0.0515. The summed E-state index contributed by atoms with van der Waals surface area (Å²) in [7, 11) is -3.18. The van der Waals surface area contributed by atoms with E-state index in [9.17, 15) is 26.7 Å². The van der Waals surface area contributed by atoms with Crippen LogP contribution in [-0.4, -0.2) is 31.9 Å².